The van der Waals surface area contributed by atoms with Gasteiger partial charge in [0.2, 0.25) is 0 Å². The van der Waals surface area contributed by atoms with E-state index < -0.39 is 0 Å². The number of likely N-dealkylation sites (N-methyl/N-ethyl adjacent to an activating group) is 1. The molecule has 0 aliphatic carbocycles. The molecule has 0 aromatic rings. The smallest absolute Gasteiger partial charge is 0.0303 e. The van der Waals surface area contributed by atoms with Crippen molar-refractivity contribution in [2.75, 3.05) is 26.7 Å². The number of nitrogens with zero attached hydrogens (tertiary/aromatic N) is 1. The van der Waals surface area contributed by atoms with Crippen molar-refractivity contribution in [1.29, 1.82) is 0 Å². The summed E-state index contributed by atoms with van der Waals surface area (Å²) in [6, 6.07) is 0. The van der Waals surface area contributed by atoms with Crippen LogP contribution in [0.4, 0.5) is 0 Å². The van der Waals surface area contributed by atoms with Crippen LogP contribution in [0, 0.1) is 0 Å². The van der Waals surface area contributed by atoms with Gasteiger partial charge in [0.05, 0.1) is 0 Å². The first-order valence-electron chi connectivity index (χ1n) is 5.11. The molecule has 0 radical (unpaired) electrons. The summed E-state index contributed by atoms with van der Waals surface area (Å²) >= 11 is 0. The quantitative estimate of drug-likeness (QED) is 0.643. The third-order valence-corrected chi connectivity index (χ3v) is 3.06. The van der Waals surface area contributed by atoms with Crippen LogP contribution >= 0.6 is 0 Å². The van der Waals surface area contributed by atoms with Gasteiger partial charge in [0.1, 0.15) is 0 Å². The summed E-state index contributed by atoms with van der Waals surface area (Å²) in [6.45, 7) is 8.15. The van der Waals surface area contributed by atoms with Gasteiger partial charge in [0.15, 0.2) is 0 Å². The van der Waals surface area contributed by atoms with Crippen LogP contribution in [-0.4, -0.2) is 37.1 Å². The third kappa shape index (κ3) is 2.20. The molecule has 2 heteroatoms. The average Bonchev–Trinajstić information content (AvgIpc) is 2.34. The molecule has 0 amide bonds. The fourth-order valence-corrected chi connectivity index (χ4v) is 1.92. The van der Waals surface area contributed by atoms with Gasteiger partial charge in [-0.15, -0.1) is 0 Å². The number of hydrogen-bond acceptors (Lipinski definition) is 2. The van der Waals surface area contributed by atoms with Crippen molar-refractivity contribution in [3.8, 4) is 0 Å². The van der Waals surface area contributed by atoms with Crippen molar-refractivity contribution in [2.24, 2.45) is 0 Å². The summed E-state index contributed by atoms with van der Waals surface area (Å²) in [6.07, 6.45) is 3.95. The molecular formula is C10H22N2. The second kappa shape index (κ2) is 4.24. The predicted molar refractivity (Wildman–Crippen MR) is 53.4 cm³/mol. The zero-order chi connectivity index (χ0) is 9.03. The molecule has 0 aromatic heterocycles. The molecular weight excluding hydrogens is 148 g/mol. The molecule has 72 valence electrons. The van der Waals surface area contributed by atoms with Gasteiger partial charge in [-0.05, 0) is 46.3 Å². The molecule has 0 bridgehead atoms. The summed E-state index contributed by atoms with van der Waals surface area (Å²) in [4.78, 5) is 2.48. The summed E-state index contributed by atoms with van der Waals surface area (Å²) < 4.78 is 0. The molecule has 12 heavy (non-hydrogen) atoms. The normalized spacial score (nSPS) is 31.2. The summed E-state index contributed by atoms with van der Waals surface area (Å²) in [5.74, 6) is 0. The van der Waals surface area contributed by atoms with Gasteiger partial charge in [-0.25, -0.2) is 0 Å². The highest BCUT2D eigenvalue weighted by Crippen LogP contribution is 2.25. The second-order valence-corrected chi connectivity index (χ2v) is 4.20. The maximum absolute atomic E-state index is 3.51. The van der Waals surface area contributed by atoms with Gasteiger partial charge in [-0.1, -0.05) is 6.92 Å². The molecule has 1 aliphatic heterocycles. The molecule has 1 N–H and O–H groups in total. The fraction of sp³-hybridized carbons (Fsp3) is 1.00. The van der Waals surface area contributed by atoms with Crippen molar-refractivity contribution in [3.05, 3.63) is 0 Å². The minimum Gasteiger partial charge on any atom is -0.315 e. The lowest BCUT2D eigenvalue weighted by atomic mass is 9.99. The largest absolute Gasteiger partial charge is 0.315 e. The van der Waals surface area contributed by atoms with Crippen LogP contribution in [0.1, 0.15) is 33.1 Å². The van der Waals surface area contributed by atoms with Crippen LogP contribution < -0.4 is 5.32 Å². The minimum absolute atomic E-state index is 0.426. The lowest BCUT2D eigenvalue weighted by molar-refractivity contribution is 0.190. The zero-order valence-electron chi connectivity index (χ0n) is 8.69. The van der Waals surface area contributed by atoms with E-state index in [4.69, 9.17) is 0 Å². The third-order valence-electron chi connectivity index (χ3n) is 3.06. The van der Waals surface area contributed by atoms with Crippen molar-refractivity contribution in [3.63, 3.8) is 0 Å². The zero-order valence-corrected chi connectivity index (χ0v) is 8.69. The molecule has 1 unspecified atom stereocenters. The number of likely N-dealkylation sites (tertiary alicyclic amines) is 1. The van der Waals surface area contributed by atoms with E-state index in [0.29, 0.717) is 5.54 Å². The Hall–Kier alpha value is -0.0800. The van der Waals surface area contributed by atoms with Gasteiger partial charge in [-0.2, -0.15) is 0 Å². The highest BCUT2D eigenvalue weighted by molar-refractivity contribution is 4.91. The highest BCUT2D eigenvalue weighted by Gasteiger charge is 2.32. The Morgan fingerprint density at radius 2 is 2.25 bits per heavy atom. The summed E-state index contributed by atoms with van der Waals surface area (Å²) in [7, 11) is 2.24. The first-order chi connectivity index (χ1) is 5.69. The van der Waals surface area contributed by atoms with E-state index >= 15 is 0 Å². The topological polar surface area (TPSA) is 15.3 Å². The molecule has 1 rings (SSSR count). The van der Waals surface area contributed by atoms with Crippen molar-refractivity contribution >= 4 is 0 Å². The Balaban J connectivity index is 2.27. The number of rotatable bonds is 4. The van der Waals surface area contributed by atoms with E-state index in [0.717, 1.165) is 13.1 Å². The first-order valence-corrected chi connectivity index (χ1v) is 5.11. The van der Waals surface area contributed by atoms with Crippen LogP contribution in [0.5, 0.6) is 0 Å². The van der Waals surface area contributed by atoms with Crippen molar-refractivity contribution in [1.82, 2.24) is 10.2 Å². The maximum Gasteiger partial charge on any atom is 0.0303 e. The lowest BCUT2D eigenvalue weighted by Gasteiger charge is -2.32. The fourth-order valence-electron chi connectivity index (χ4n) is 1.92. The first kappa shape index (κ1) is 10.0. The molecule has 0 saturated carbocycles. The van der Waals surface area contributed by atoms with Crippen LogP contribution in [0.25, 0.3) is 0 Å². The van der Waals surface area contributed by atoms with Crippen molar-refractivity contribution in [2.45, 2.75) is 38.6 Å². The molecule has 0 aromatic carbocycles. The van der Waals surface area contributed by atoms with Gasteiger partial charge in [0.25, 0.3) is 0 Å². The SMILES string of the molecule is CCCNCC1(C)CCCN1C. The van der Waals surface area contributed by atoms with Crippen molar-refractivity contribution < 1.29 is 0 Å². The Morgan fingerprint density at radius 1 is 1.50 bits per heavy atom. The van der Waals surface area contributed by atoms with E-state index in [1.807, 2.05) is 0 Å². The average molecular weight is 170 g/mol. The van der Waals surface area contributed by atoms with Crippen LogP contribution in [0.15, 0.2) is 0 Å². The van der Waals surface area contributed by atoms with E-state index in [1.165, 1.54) is 25.8 Å². The Labute approximate surface area is 76.3 Å². The molecule has 1 fully saturated rings. The lowest BCUT2D eigenvalue weighted by Crippen LogP contribution is -2.46. The molecule has 2 nitrogen and oxygen atoms in total. The van der Waals surface area contributed by atoms with E-state index in [-0.39, 0.29) is 0 Å². The molecule has 1 heterocycles. The van der Waals surface area contributed by atoms with Gasteiger partial charge < -0.3 is 5.32 Å². The Kier molecular flexibility index (Phi) is 3.53. The van der Waals surface area contributed by atoms with E-state index in [9.17, 15) is 0 Å². The summed E-state index contributed by atoms with van der Waals surface area (Å²) in [5, 5.41) is 3.51. The van der Waals surface area contributed by atoms with Gasteiger partial charge in [0, 0.05) is 12.1 Å². The van der Waals surface area contributed by atoms with Crippen LogP contribution in [0.3, 0.4) is 0 Å². The Bertz CT molecular complexity index is 136. The van der Waals surface area contributed by atoms with E-state index in [2.05, 4.69) is 31.1 Å². The number of hydrogen-bond donors (Lipinski definition) is 1. The minimum atomic E-state index is 0.426. The van der Waals surface area contributed by atoms with Gasteiger partial charge >= 0.3 is 0 Å². The molecule has 1 saturated heterocycles. The molecule has 1 atom stereocenters. The van der Waals surface area contributed by atoms with Crippen LogP contribution in [0.2, 0.25) is 0 Å². The predicted octanol–water partition coefficient (Wildman–Crippen LogP) is 1.47. The monoisotopic (exact) mass is 170 g/mol. The summed E-state index contributed by atoms with van der Waals surface area (Å²) in [5.41, 5.74) is 0.426. The number of nitrogens with one attached hydrogen (secondary N) is 1. The van der Waals surface area contributed by atoms with Crippen LogP contribution in [-0.2, 0) is 0 Å². The maximum atomic E-state index is 3.51. The Morgan fingerprint density at radius 3 is 2.75 bits per heavy atom. The standard InChI is InChI=1S/C10H22N2/c1-4-7-11-9-10(2)6-5-8-12(10)3/h11H,4-9H2,1-3H3. The van der Waals surface area contributed by atoms with E-state index in [1.54, 1.807) is 0 Å². The molecule has 1 aliphatic rings. The highest BCUT2D eigenvalue weighted by atomic mass is 15.2. The van der Waals surface area contributed by atoms with Gasteiger partial charge in [-0.3, -0.25) is 4.90 Å². The molecule has 0 spiro atoms. The second-order valence-electron chi connectivity index (χ2n) is 4.20.